The average molecular weight is 255 g/mol. The number of non-ortho nitro benzene ring substituents is 1. The van der Waals surface area contributed by atoms with Crippen LogP contribution in [0.15, 0.2) is 18.2 Å². The lowest BCUT2D eigenvalue weighted by molar-refractivity contribution is -0.385. The van der Waals surface area contributed by atoms with Crippen LogP contribution >= 0.6 is 11.8 Å². The molecule has 0 spiro atoms. The molecule has 1 heterocycles. The average Bonchev–Trinajstić information content (AvgIpc) is 2.80. The molecular weight excluding hydrogens is 245 g/mol. The van der Waals surface area contributed by atoms with Crippen LogP contribution in [-0.4, -0.2) is 22.2 Å². The van der Waals surface area contributed by atoms with Gasteiger partial charge in [0.15, 0.2) is 5.78 Å². The fraction of sp³-hybridized carbons (Fsp3) is 0.364. The summed E-state index contributed by atoms with van der Waals surface area (Å²) in [6.07, 6.45) is 0.758. The summed E-state index contributed by atoms with van der Waals surface area (Å²) in [6.45, 7) is 0. The van der Waals surface area contributed by atoms with Crippen LogP contribution in [0.3, 0.4) is 0 Å². The van der Waals surface area contributed by atoms with Crippen molar-refractivity contribution in [1.29, 1.82) is 0 Å². The van der Waals surface area contributed by atoms with Crippen molar-refractivity contribution in [2.45, 2.75) is 6.42 Å². The Morgan fingerprint density at radius 3 is 2.82 bits per heavy atom. The number of nitrogens with zero attached hydrogens (tertiary/aromatic N) is 1. The smallest absolute Gasteiger partial charge is 0.273 e. The molecular formula is C11H10FNO3S. The third-order valence-corrected chi connectivity index (χ3v) is 3.84. The first-order valence-electron chi connectivity index (χ1n) is 5.15. The van der Waals surface area contributed by atoms with Gasteiger partial charge in [-0.3, -0.25) is 14.9 Å². The quantitative estimate of drug-likeness (QED) is 0.473. The molecule has 6 heteroatoms. The van der Waals surface area contributed by atoms with Gasteiger partial charge < -0.3 is 0 Å². The molecule has 17 heavy (non-hydrogen) atoms. The largest absolute Gasteiger partial charge is 0.294 e. The van der Waals surface area contributed by atoms with Crippen molar-refractivity contribution in [3.8, 4) is 0 Å². The van der Waals surface area contributed by atoms with E-state index in [0.717, 1.165) is 30.4 Å². The number of hydrogen-bond donors (Lipinski definition) is 0. The van der Waals surface area contributed by atoms with Crippen molar-refractivity contribution in [3.63, 3.8) is 0 Å². The van der Waals surface area contributed by atoms with Gasteiger partial charge in [0.2, 0.25) is 0 Å². The lowest BCUT2D eigenvalue weighted by Gasteiger charge is -2.07. The number of thioether (sulfide) groups is 1. The van der Waals surface area contributed by atoms with E-state index in [1.807, 2.05) is 0 Å². The molecule has 0 aromatic heterocycles. The summed E-state index contributed by atoms with van der Waals surface area (Å²) in [4.78, 5) is 21.9. The van der Waals surface area contributed by atoms with Gasteiger partial charge in [0, 0.05) is 23.3 Å². The van der Waals surface area contributed by atoms with E-state index in [2.05, 4.69) is 0 Å². The molecule has 0 radical (unpaired) electrons. The Morgan fingerprint density at radius 1 is 1.47 bits per heavy atom. The number of ketones is 1. The van der Waals surface area contributed by atoms with Crippen molar-refractivity contribution >= 4 is 23.2 Å². The van der Waals surface area contributed by atoms with E-state index in [4.69, 9.17) is 0 Å². The molecule has 0 bridgehead atoms. The van der Waals surface area contributed by atoms with E-state index in [1.165, 1.54) is 0 Å². The summed E-state index contributed by atoms with van der Waals surface area (Å²) in [5.41, 5.74) is -0.275. The summed E-state index contributed by atoms with van der Waals surface area (Å²) in [5, 5.41) is 10.6. The third kappa shape index (κ3) is 2.63. The van der Waals surface area contributed by atoms with Gasteiger partial charge in [-0.05, 0) is 18.2 Å². The Kier molecular flexibility index (Phi) is 3.42. The van der Waals surface area contributed by atoms with Gasteiger partial charge in [0.1, 0.15) is 5.82 Å². The number of nitro groups is 1. The SMILES string of the molecule is O=C(c1cc(F)cc([N+](=O)[O-])c1)C1CCSC1. The zero-order valence-corrected chi connectivity index (χ0v) is 9.71. The van der Waals surface area contributed by atoms with E-state index < -0.39 is 10.7 Å². The maximum absolute atomic E-state index is 13.2. The zero-order chi connectivity index (χ0) is 12.4. The summed E-state index contributed by atoms with van der Waals surface area (Å²) in [7, 11) is 0. The first kappa shape index (κ1) is 12.0. The molecule has 0 aliphatic carbocycles. The predicted molar refractivity (Wildman–Crippen MR) is 62.8 cm³/mol. The molecule has 1 saturated heterocycles. The number of carbonyl (C=O) groups excluding carboxylic acids is 1. The number of hydrogen-bond acceptors (Lipinski definition) is 4. The molecule has 1 atom stereocenters. The highest BCUT2D eigenvalue weighted by molar-refractivity contribution is 7.99. The molecule has 1 aromatic rings. The van der Waals surface area contributed by atoms with Gasteiger partial charge >= 0.3 is 0 Å². The second kappa shape index (κ2) is 4.83. The van der Waals surface area contributed by atoms with Crippen LogP contribution in [0.1, 0.15) is 16.8 Å². The van der Waals surface area contributed by atoms with Gasteiger partial charge in [0.05, 0.1) is 11.0 Å². The van der Waals surface area contributed by atoms with Gasteiger partial charge in [-0.2, -0.15) is 11.8 Å². The molecule has 1 fully saturated rings. The van der Waals surface area contributed by atoms with Crippen molar-refractivity contribution in [2.24, 2.45) is 5.92 Å². The van der Waals surface area contributed by atoms with Crippen LogP contribution in [0.5, 0.6) is 0 Å². The Hall–Kier alpha value is -1.43. The molecule has 0 N–H and O–H groups in total. The Morgan fingerprint density at radius 2 is 2.24 bits per heavy atom. The molecule has 1 aliphatic rings. The first-order valence-corrected chi connectivity index (χ1v) is 6.30. The van der Waals surface area contributed by atoms with Crippen LogP contribution in [0.4, 0.5) is 10.1 Å². The van der Waals surface area contributed by atoms with Crippen LogP contribution in [-0.2, 0) is 0 Å². The van der Waals surface area contributed by atoms with Crippen molar-refractivity contribution < 1.29 is 14.1 Å². The van der Waals surface area contributed by atoms with Crippen LogP contribution in [0, 0.1) is 21.8 Å². The molecule has 2 rings (SSSR count). The summed E-state index contributed by atoms with van der Waals surface area (Å²) >= 11 is 1.67. The fourth-order valence-electron chi connectivity index (χ4n) is 1.80. The second-order valence-electron chi connectivity index (χ2n) is 3.88. The van der Waals surface area contributed by atoms with E-state index in [-0.39, 0.29) is 23.0 Å². The van der Waals surface area contributed by atoms with Crippen LogP contribution in [0.25, 0.3) is 0 Å². The number of carbonyl (C=O) groups is 1. The van der Waals surface area contributed by atoms with E-state index in [9.17, 15) is 19.3 Å². The number of nitro benzene ring substituents is 1. The normalized spacial score (nSPS) is 19.2. The minimum Gasteiger partial charge on any atom is -0.294 e. The Balaban J connectivity index is 2.31. The Labute approximate surface area is 101 Å². The molecule has 90 valence electrons. The minimum absolute atomic E-state index is 0.101. The monoisotopic (exact) mass is 255 g/mol. The number of Topliss-reactive ketones (excluding diaryl/α,β-unsaturated/α-hetero) is 1. The Bertz CT molecular complexity index is 472. The summed E-state index contributed by atoms with van der Waals surface area (Å²) in [5.74, 6) is 0.545. The summed E-state index contributed by atoms with van der Waals surface area (Å²) < 4.78 is 13.2. The molecule has 4 nitrogen and oxygen atoms in total. The third-order valence-electron chi connectivity index (χ3n) is 2.68. The maximum atomic E-state index is 13.2. The zero-order valence-electron chi connectivity index (χ0n) is 8.89. The number of rotatable bonds is 3. The lowest BCUT2D eigenvalue weighted by Crippen LogP contribution is -2.14. The predicted octanol–water partition coefficient (Wildman–Crippen LogP) is 2.67. The molecule has 1 aliphatic heterocycles. The number of halogens is 1. The van der Waals surface area contributed by atoms with Gasteiger partial charge in [-0.25, -0.2) is 4.39 Å². The van der Waals surface area contributed by atoms with E-state index >= 15 is 0 Å². The summed E-state index contributed by atoms with van der Waals surface area (Å²) in [6, 6.07) is 3.03. The fourth-order valence-corrected chi connectivity index (χ4v) is 3.02. The second-order valence-corrected chi connectivity index (χ2v) is 5.03. The highest BCUT2D eigenvalue weighted by Crippen LogP contribution is 2.28. The van der Waals surface area contributed by atoms with Crippen molar-refractivity contribution in [2.75, 3.05) is 11.5 Å². The minimum atomic E-state index is -0.742. The van der Waals surface area contributed by atoms with Gasteiger partial charge in [-0.15, -0.1) is 0 Å². The lowest BCUT2D eigenvalue weighted by atomic mass is 9.97. The topological polar surface area (TPSA) is 60.2 Å². The highest BCUT2D eigenvalue weighted by Gasteiger charge is 2.26. The maximum Gasteiger partial charge on any atom is 0.273 e. The van der Waals surface area contributed by atoms with E-state index in [0.29, 0.717) is 5.75 Å². The van der Waals surface area contributed by atoms with Crippen LogP contribution < -0.4 is 0 Å². The van der Waals surface area contributed by atoms with Crippen molar-refractivity contribution in [3.05, 3.63) is 39.7 Å². The van der Waals surface area contributed by atoms with Crippen LogP contribution in [0.2, 0.25) is 0 Å². The first-order chi connectivity index (χ1) is 8.08. The molecule has 1 aromatic carbocycles. The highest BCUT2D eigenvalue weighted by atomic mass is 32.2. The molecule has 1 unspecified atom stereocenters. The molecule has 0 amide bonds. The molecule has 0 saturated carbocycles. The van der Waals surface area contributed by atoms with Gasteiger partial charge in [0.25, 0.3) is 5.69 Å². The van der Waals surface area contributed by atoms with Gasteiger partial charge in [-0.1, -0.05) is 0 Å². The van der Waals surface area contributed by atoms with Crippen molar-refractivity contribution in [1.82, 2.24) is 0 Å². The number of benzene rings is 1. The standard InChI is InChI=1S/C11H10FNO3S/c12-9-3-8(4-10(5-9)13(15)16)11(14)7-1-2-17-6-7/h3-5,7H,1-2,6H2. The van der Waals surface area contributed by atoms with E-state index in [1.54, 1.807) is 11.8 Å².